The Hall–Kier alpha value is -2.11. The molecular weight excluding hydrogens is 297 g/mol. The van der Waals surface area contributed by atoms with Crippen molar-refractivity contribution in [2.75, 3.05) is 32.7 Å². The first kappa shape index (κ1) is 17.2. The maximum Gasteiger partial charge on any atom is 0.317 e. The minimum Gasteiger partial charge on any atom is -0.338 e. The summed E-state index contributed by atoms with van der Waals surface area (Å²) in [4.78, 5) is 28.0. The predicted molar refractivity (Wildman–Crippen MR) is 86.9 cm³/mol. The number of urea groups is 1. The zero-order chi connectivity index (χ0) is 16.8. The lowest BCUT2D eigenvalue weighted by Gasteiger charge is -2.22. The lowest BCUT2D eigenvalue weighted by Crippen LogP contribution is -2.42. The van der Waals surface area contributed by atoms with Gasteiger partial charge in [0.2, 0.25) is 0 Å². The maximum absolute atomic E-state index is 13.3. The number of rotatable bonds is 3. The summed E-state index contributed by atoms with van der Waals surface area (Å²) in [6.45, 7) is 6.57. The topological polar surface area (TPSA) is 52.7 Å². The van der Waals surface area contributed by atoms with Gasteiger partial charge in [0.15, 0.2) is 0 Å². The van der Waals surface area contributed by atoms with Gasteiger partial charge in [0.1, 0.15) is 5.82 Å². The Kier molecular flexibility index (Phi) is 5.96. The number of hydrogen-bond acceptors (Lipinski definition) is 2. The Morgan fingerprint density at radius 3 is 2.57 bits per heavy atom. The van der Waals surface area contributed by atoms with E-state index >= 15 is 0 Å². The summed E-state index contributed by atoms with van der Waals surface area (Å²) in [5.41, 5.74) is 0.957. The second-order valence-corrected chi connectivity index (χ2v) is 5.83. The molecule has 0 saturated carbocycles. The van der Waals surface area contributed by atoms with Gasteiger partial charge in [-0.25, -0.2) is 9.18 Å². The molecule has 1 aliphatic heterocycles. The first-order chi connectivity index (χ1) is 11.0. The van der Waals surface area contributed by atoms with Gasteiger partial charge >= 0.3 is 6.03 Å². The van der Waals surface area contributed by atoms with E-state index < -0.39 is 0 Å². The molecule has 6 heteroatoms. The average molecular weight is 321 g/mol. The summed E-state index contributed by atoms with van der Waals surface area (Å²) in [5, 5.41) is 2.86. The Morgan fingerprint density at radius 2 is 1.87 bits per heavy atom. The quantitative estimate of drug-likeness (QED) is 0.929. The van der Waals surface area contributed by atoms with Crippen molar-refractivity contribution in [2.24, 2.45) is 0 Å². The molecule has 1 saturated heterocycles. The third-order valence-corrected chi connectivity index (χ3v) is 4.00. The highest BCUT2D eigenvalue weighted by molar-refractivity contribution is 5.94. The number of aryl methyl sites for hydroxylation is 1. The maximum atomic E-state index is 13.3. The molecule has 0 aromatic heterocycles. The number of benzene rings is 1. The van der Waals surface area contributed by atoms with Gasteiger partial charge in [0.05, 0.1) is 0 Å². The van der Waals surface area contributed by atoms with Gasteiger partial charge in [0, 0.05) is 38.3 Å². The highest BCUT2D eigenvalue weighted by atomic mass is 19.1. The van der Waals surface area contributed by atoms with Crippen molar-refractivity contribution in [3.05, 3.63) is 35.1 Å². The zero-order valence-corrected chi connectivity index (χ0v) is 13.8. The van der Waals surface area contributed by atoms with Crippen molar-refractivity contribution in [1.82, 2.24) is 15.1 Å². The van der Waals surface area contributed by atoms with Crippen LogP contribution in [0.2, 0.25) is 0 Å². The number of halogens is 1. The second-order valence-electron chi connectivity index (χ2n) is 5.83. The number of hydrogen-bond donors (Lipinski definition) is 1. The summed E-state index contributed by atoms with van der Waals surface area (Å²) in [7, 11) is 0. The minimum absolute atomic E-state index is 0.0706. The molecule has 0 bridgehead atoms. The van der Waals surface area contributed by atoms with Crippen LogP contribution in [0.15, 0.2) is 18.2 Å². The van der Waals surface area contributed by atoms with Crippen LogP contribution in [0.4, 0.5) is 9.18 Å². The van der Waals surface area contributed by atoms with E-state index in [1.807, 2.05) is 6.92 Å². The minimum atomic E-state index is -0.309. The molecule has 5 nitrogen and oxygen atoms in total. The first-order valence-electron chi connectivity index (χ1n) is 8.11. The van der Waals surface area contributed by atoms with Crippen LogP contribution in [-0.2, 0) is 0 Å². The van der Waals surface area contributed by atoms with Gasteiger partial charge in [-0.1, -0.05) is 6.92 Å². The fourth-order valence-corrected chi connectivity index (χ4v) is 2.63. The molecule has 0 spiro atoms. The van der Waals surface area contributed by atoms with Gasteiger partial charge < -0.3 is 15.1 Å². The Morgan fingerprint density at radius 1 is 1.17 bits per heavy atom. The lowest BCUT2D eigenvalue weighted by molar-refractivity contribution is 0.0762. The van der Waals surface area contributed by atoms with Crippen LogP contribution >= 0.6 is 0 Å². The molecule has 1 heterocycles. The van der Waals surface area contributed by atoms with Crippen LogP contribution < -0.4 is 5.32 Å². The average Bonchev–Trinajstić information content (AvgIpc) is 2.80. The molecule has 0 unspecified atom stereocenters. The van der Waals surface area contributed by atoms with E-state index in [0.29, 0.717) is 43.9 Å². The molecule has 1 aliphatic rings. The summed E-state index contributed by atoms with van der Waals surface area (Å²) in [6.07, 6.45) is 1.64. The number of nitrogens with zero attached hydrogens (tertiary/aromatic N) is 2. The lowest BCUT2D eigenvalue weighted by atomic mass is 10.1. The normalized spacial score (nSPS) is 15.3. The van der Waals surface area contributed by atoms with Crippen LogP contribution in [0, 0.1) is 12.7 Å². The summed E-state index contributed by atoms with van der Waals surface area (Å²) >= 11 is 0. The van der Waals surface area contributed by atoms with Crippen LogP contribution in [0.5, 0.6) is 0 Å². The molecule has 1 fully saturated rings. The van der Waals surface area contributed by atoms with Crippen LogP contribution in [0.3, 0.4) is 0 Å². The van der Waals surface area contributed by atoms with Gasteiger partial charge in [-0.3, -0.25) is 4.79 Å². The first-order valence-corrected chi connectivity index (χ1v) is 8.11. The molecule has 0 radical (unpaired) electrons. The summed E-state index contributed by atoms with van der Waals surface area (Å²) in [6, 6.07) is 4.35. The van der Waals surface area contributed by atoms with Crippen molar-refractivity contribution in [3.63, 3.8) is 0 Å². The fourth-order valence-electron chi connectivity index (χ4n) is 2.63. The third-order valence-electron chi connectivity index (χ3n) is 4.00. The van der Waals surface area contributed by atoms with Gasteiger partial charge in [0.25, 0.3) is 5.91 Å². The van der Waals surface area contributed by atoms with Crippen LogP contribution in [0.1, 0.15) is 35.7 Å². The van der Waals surface area contributed by atoms with E-state index in [0.717, 1.165) is 12.8 Å². The van der Waals surface area contributed by atoms with Crippen molar-refractivity contribution in [2.45, 2.75) is 26.7 Å². The van der Waals surface area contributed by atoms with Gasteiger partial charge in [-0.15, -0.1) is 0 Å². The van der Waals surface area contributed by atoms with Crippen molar-refractivity contribution in [1.29, 1.82) is 0 Å². The molecule has 126 valence electrons. The van der Waals surface area contributed by atoms with Crippen molar-refractivity contribution >= 4 is 11.9 Å². The highest BCUT2D eigenvalue weighted by Crippen LogP contribution is 2.13. The van der Waals surface area contributed by atoms with Crippen LogP contribution in [0.25, 0.3) is 0 Å². The predicted octanol–water partition coefficient (Wildman–Crippen LogP) is 2.40. The van der Waals surface area contributed by atoms with Crippen LogP contribution in [-0.4, -0.2) is 54.5 Å². The standard InChI is InChI=1S/C17H24FN3O2/c1-3-7-19-17(23)21-9-4-8-20(10-11-21)16(22)14-5-6-15(18)13(2)12-14/h5-6,12H,3-4,7-11H2,1-2H3,(H,19,23). The monoisotopic (exact) mass is 321 g/mol. The van der Waals surface area contributed by atoms with E-state index in [2.05, 4.69) is 5.32 Å². The van der Waals surface area contributed by atoms with Crippen molar-refractivity contribution < 1.29 is 14.0 Å². The SMILES string of the molecule is CCCNC(=O)N1CCCN(C(=O)c2ccc(F)c(C)c2)CC1. The molecule has 3 amide bonds. The van der Waals surface area contributed by atoms with E-state index in [-0.39, 0.29) is 17.8 Å². The molecule has 1 aromatic carbocycles. The molecule has 1 N–H and O–H groups in total. The Bertz CT molecular complexity index is 577. The smallest absolute Gasteiger partial charge is 0.317 e. The largest absolute Gasteiger partial charge is 0.338 e. The number of carbonyl (C=O) groups excluding carboxylic acids is 2. The van der Waals surface area contributed by atoms with E-state index in [1.54, 1.807) is 22.8 Å². The number of amides is 3. The summed E-state index contributed by atoms with van der Waals surface area (Å²) < 4.78 is 13.3. The van der Waals surface area contributed by atoms with E-state index in [4.69, 9.17) is 0 Å². The summed E-state index contributed by atoms with van der Waals surface area (Å²) in [5.74, 6) is -0.417. The molecular formula is C17H24FN3O2. The number of nitrogens with one attached hydrogen (secondary N) is 1. The van der Waals surface area contributed by atoms with E-state index in [1.165, 1.54) is 12.1 Å². The van der Waals surface area contributed by atoms with Gasteiger partial charge in [-0.05, 0) is 43.5 Å². The Labute approximate surface area is 136 Å². The molecule has 23 heavy (non-hydrogen) atoms. The fraction of sp³-hybridized carbons (Fsp3) is 0.529. The zero-order valence-electron chi connectivity index (χ0n) is 13.8. The number of carbonyl (C=O) groups is 2. The highest BCUT2D eigenvalue weighted by Gasteiger charge is 2.22. The third kappa shape index (κ3) is 4.43. The van der Waals surface area contributed by atoms with Gasteiger partial charge in [-0.2, -0.15) is 0 Å². The Balaban J connectivity index is 1.98. The van der Waals surface area contributed by atoms with E-state index in [9.17, 15) is 14.0 Å². The molecule has 1 aromatic rings. The second kappa shape index (κ2) is 7.94. The molecule has 2 rings (SSSR count). The molecule has 0 aliphatic carbocycles. The van der Waals surface area contributed by atoms with Crippen molar-refractivity contribution in [3.8, 4) is 0 Å². The molecule has 0 atom stereocenters.